The number of carbonyl (C=O) groups is 1. The lowest BCUT2D eigenvalue weighted by Gasteiger charge is -2.02. The van der Waals surface area contributed by atoms with Crippen LogP contribution in [0.2, 0.25) is 0 Å². The zero-order valence-corrected chi connectivity index (χ0v) is 17.1. The van der Waals surface area contributed by atoms with Crippen molar-refractivity contribution in [1.29, 1.82) is 0 Å². The Morgan fingerprint density at radius 2 is 2.03 bits per heavy atom. The van der Waals surface area contributed by atoms with Crippen molar-refractivity contribution in [2.75, 3.05) is 6.54 Å². The summed E-state index contributed by atoms with van der Waals surface area (Å²) in [5.41, 5.74) is 6.13. The van der Waals surface area contributed by atoms with Crippen molar-refractivity contribution < 1.29 is 13.6 Å². The molecule has 1 aliphatic rings. The first-order valence-corrected chi connectivity index (χ1v) is 9.45. The van der Waals surface area contributed by atoms with Crippen LogP contribution in [0.4, 0.5) is 8.78 Å². The van der Waals surface area contributed by atoms with Crippen LogP contribution in [0, 0.1) is 5.82 Å². The second-order valence-electron chi connectivity index (χ2n) is 6.36. The molecule has 30 heavy (non-hydrogen) atoms. The molecule has 156 valence electrons. The molecule has 4 rings (SSSR count). The molecule has 0 atom stereocenters. The summed E-state index contributed by atoms with van der Waals surface area (Å²) in [4.78, 5) is 30.0. The van der Waals surface area contributed by atoms with E-state index in [0.717, 1.165) is 9.56 Å². The molecule has 0 unspecified atom stereocenters. The van der Waals surface area contributed by atoms with Gasteiger partial charge in [0.25, 0.3) is 5.91 Å². The van der Waals surface area contributed by atoms with Gasteiger partial charge in [0.05, 0.1) is 35.6 Å². The minimum absolute atomic E-state index is 0. The number of aliphatic imine (C=N–C) groups is 1. The van der Waals surface area contributed by atoms with Crippen LogP contribution in [-0.2, 0) is 13.1 Å². The van der Waals surface area contributed by atoms with Crippen LogP contribution in [0.1, 0.15) is 25.7 Å². The number of amides is 1. The Bertz CT molecular complexity index is 1230. The monoisotopic (exact) mass is 451 g/mol. The molecule has 0 spiro atoms. The fourth-order valence-electron chi connectivity index (χ4n) is 3.03. The molecule has 3 heterocycles. The first kappa shape index (κ1) is 21.8. The lowest BCUT2D eigenvalue weighted by atomic mass is 10.0. The maximum absolute atomic E-state index is 13.9. The normalized spacial score (nSPS) is 13.2. The highest BCUT2D eigenvalue weighted by molar-refractivity contribution is 7.14. The molecular formula is C19H16ClF2N5O2S. The molecule has 1 aliphatic heterocycles. The summed E-state index contributed by atoms with van der Waals surface area (Å²) in [5, 5.41) is 3.98. The summed E-state index contributed by atoms with van der Waals surface area (Å²) in [6, 6.07) is 8.00. The van der Waals surface area contributed by atoms with Crippen molar-refractivity contribution in [3.05, 3.63) is 85.7 Å². The smallest absolute Gasteiger partial charge is 0.327 e. The summed E-state index contributed by atoms with van der Waals surface area (Å²) in [6.45, 7) is 0.223. The molecule has 7 nitrogen and oxygen atoms in total. The van der Waals surface area contributed by atoms with Crippen molar-refractivity contribution in [3.63, 3.8) is 0 Å². The number of benzene rings is 1. The fraction of sp³-hybridized carbons (Fsp3) is 0.158. The lowest BCUT2D eigenvalue weighted by Crippen LogP contribution is -2.26. The van der Waals surface area contributed by atoms with E-state index in [4.69, 9.17) is 5.73 Å². The van der Waals surface area contributed by atoms with Crippen molar-refractivity contribution in [2.45, 2.75) is 13.1 Å². The number of thiophene rings is 1. The van der Waals surface area contributed by atoms with E-state index in [9.17, 15) is 18.4 Å². The van der Waals surface area contributed by atoms with E-state index in [-0.39, 0.29) is 43.2 Å². The van der Waals surface area contributed by atoms with E-state index in [1.807, 2.05) is 0 Å². The lowest BCUT2D eigenvalue weighted by molar-refractivity contribution is 0.100. The third-order valence-electron chi connectivity index (χ3n) is 4.48. The third kappa shape index (κ3) is 3.89. The van der Waals surface area contributed by atoms with Gasteiger partial charge in [-0.1, -0.05) is 12.1 Å². The Morgan fingerprint density at radius 1 is 1.23 bits per heavy atom. The average Bonchev–Trinajstić information content (AvgIpc) is 3.40. The molecule has 0 bridgehead atoms. The summed E-state index contributed by atoms with van der Waals surface area (Å²) >= 11 is 1.34. The summed E-state index contributed by atoms with van der Waals surface area (Å²) in [5.74, 6) is -1.20. The molecule has 0 fully saturated rings. The van der Waals surface area contributed by atoms with Crippen LogP contribution < -0.4 is 11.4 Å². The SMILES string of the molecule is Cl.NC/C(=C\F)Cn1ncn(Cc2ccc(C3=NC(=O)c4c(F)cccc43)s2)c1=O. The van der Waals surface area contributed by atoms with Gasteiger partial charge in [-0.2, -0.15) is 5.10 Å². The van der Waals surface area contributed by atoms with E-state index >= 15 is 0 Å². The minimum atomic E-state index is -0.600. The first-order valence-electron chi connectivity index (χ1n) is 8.63. The topological polar surface area (TPSA) is 95.3 Å². The number of hydrogen-bond acceptors (Lipinski definition) is 5. The largest absolute Gasteiger partial charge is 0.346 e. The molecule has 0 saturated carbocycles. The molecular weight excluding hydrogens is 436 g/mol. The van der Waals surface area contributed by atoms with Gasteiger partial charge < -0.3 is 5.73 Å². The maximum atomic E-state index is 13.9. The van der Waals surface area contributed by atoms with E-state index in [2.05, 4.69) is 10.1 Å². The number of hydrogen-bond donors (Lipinski definition) is 1. The summed E-state index contributed by atoms with van der Waals surface area (Å²) in [6.07, 6.45) is 1.75. The van der Waals surface area contributed by atoms with E-state index in [0.29, 0.717) is 22.5 Å². The molecule has 2 aromatic heterocycles. The Morgan fingerprint density at radius 3 is 2.77 bits per heavy atom. The summed E-state index contributed by atoms with van der Waals surface area (Å²) < 4.78 is 29.1. The Balaban J connectivity index is 0.00000256. The van der Waals surface area contributed by atoms with Gasteiger partial charge in [-0.15, -0.1) is 23.7 Å². The van der Waals surface area contributed by atoms with Gasteiger partial charge in [-0.25, -0.2) is 23.2 Å². The Labute approximate surface area is 179 Å². The number of nitrogens with two attached hydrogens (primary N) is 1. The highest BCUT2D eigenvalue weighted by atomic mass is 35.5. The van der Waals surface area contributed by atoms with Crippen LogP contribution in [0.5, 0.6) is 0 Å². The van der Waals surface area contributed by atoms with Gasteiger partial charge in [0, 0.05) is 17.0 Å². The van der Waals surface area contributed by atoms with Crippen molar-refractivity contribution >= 4 is 35.4 Å². The highest BCUT2D eigenvalue weighted by Crippen LogP contribution is 2.29. The third-order valence-corrected chi connectivity index (χ3v) is 5.56. The molecule has 2 N–H and O–H groups in total. The van der Waals surface area contributed by atoms with Crippen LogP contribution >= 0.6 is 23.7 Å². The molecule has 3 aromatic rings. The maximum Gasteiger partial charge on any atom is 0.346 e. The minimum Gasteiger partial charge on any atom is -0.327 e. The quantitative estimate of drug-likeness (QED) is 0.623. The van der Waals surface area contributed by atoms with Crippen LogP contribution in [0.3, 0.4) is 0 Å². The van der Waals surface area contributed by atoms with Crippen molar-refractivity contribution in [2.24, 2.45) is 10.7 Å². The van der Waals surface area contributed by atoms with Crippen molar-refractivity contribution in [3.8, 4) is 0 Å². The zero-order chi connectivity index (χ0) is 20.5. The first-order chi connectivity index (χ1) is 14.0. The molecule has 0 aliphatic carbocycles. The Kier molecular flexibility index (Phi) is 6.40. The van der Waals surface area contributed by atoms with Crippen LogP contribution in [0.25, 0.3) is 0 Å². The number of nitrogens with zero attached hydrogens (tertiary/aromatic N) is 4. The molecule has 0 saturated heterocycles. The van der Waals surface area contributed by atoms with Gasteiger partial charge in [0.15, 0.2) is 0 Å². The van der Waals surface area contributed by atoms with E-state index in [1.165, 1.54) is 34.4 Å². The standard InChI is InChI=1S/C19H15F2N5O2S.ClH/c20-6-11(7-22)8-26-19(28)25(10-23-26)9-12-4-5-15(29-12)17-13-2-1-3-14(21)16(13)18(27)24-17;/h1-6,10H,7-9,22H2;1H/b11-6+;. The highest BCUT2D eigenvalue weighted by Gasteiger charge is 2.28. The van der Waals surface area contributed by atoms with Crippen molar-refractivity contribution in [1.82, 2.24) is 14.3 Å². The molecule has 11 heteroatoms. The fourth-order valence-corrected chi connectivity index (χ4v) is 4.04. The molecule has 1 aromatic carbocycles. The Hall–Kier alpha value is -2.95. The van der Waals surface area contributed by atoms with Crippen LogP contribution in [-0.4, -0.2) is 32.5 Å². The predicted molar refractivity (Wildman–Crippen MR) is 112 cm³/mol. The van der Waals surface area contributed by atoms with Gasteiger partial charge in [-0.3, -0.25) is 9.36 Å². The van der Waals surface area contributed by atoms with E-state index < -0.39 is 17.4 Å². The van der Waals surface area contributed by atoms with Gasteiger partial charge in [0.2, 0.25) is 0 Å². The number of halogens is 3. The number of fused-ring (bicyclic) bond motifs is 1. The van der Waals surface area contributed by atoms with Gasteiger partial charge in [0.1, 0.15) is 12.1 Å². The van der Waals surface area contributed by atoms with Gasteiger partial charge in [-0.05, 0) is 23.8 Å². The number of carbonyl (C=O) groups excluding carboxylic acids is 1. The zero-order valence-electron chi connectivity index (χ0n) is 15.4. The number of rotatable bonds is 6. The number of aromatic nitrogens is 3. The predicted octanol–water partition coefficient (Wildman–Crippen LogP) is 2.52. The molecule has 1 amide bonds. The second-order valence-corrected chi connectivity index (χ2v) is 7.53. The average molecular weight is 452 g/mol. The summed E-state index contributed by atoms with van der Waals surface area (Å²) in [7, 11) is 0. The van der Waals surface area contributed by atoms with Crippen LogP contribution in [0.15, 0.2) is 58.3 Å². The molecule has 0 radical (unpaired) electrons. The van der Waals surface area contributed by atoms with E-state index in [1.54, 1.807) is 18.2 Å². The second kappa shape index (κ2) is 8.82. The van der Waals surface area contributed by atoms with Gasteiger partial charge >= 0.3 is 5.69 Å².